The third-order valence-electron chi connectivity index (χ3n) is 6.19. The summed E-state index contributed by atoms with van der Waals surface area (Å²) < 4.78 is 32.0. The molecule has 37 heavy (non-hydrogen) atoms. The third kappa shape index (κ3) is 6.97. The fourth-order valence-corrected chi connectivity index (χ4v) is 4.02. The minimum Gasteiger partial charge on any atom is -0.481 e. The summed E-state index contributed by atoms with van der Waals surface area (Å²) >= 11 is 0. The lowest BCUT2D eigenvalue weighted by Gasteiger charge is -2.37. The van der Waals surface area contributed by atoms with Crippen LogP contribution >= 0.6 is 0 Å². The molecule has 0 saturated carbocycles. The number of amidine groups is 1. The minimum absolute atomic E-state index is 0.305. The van der Waals surface area contributed by atoms with Gasteiger partial charge in [-0.1, -0.05) is 18.7 Å². The summed E-state index contributed by atoms with van der Waals surface area (Å²) in [5.74, 6) is 1.26. The quantitative estimate of drug-likeness (QED) is 0.327. The minimum atomic E-state index is -0.324. The van der Waals surface area contributed by atoms with Crippen LogP contribution in [0.3, 0.4) is 0 Å². The van der Waals surface area contributed by atoms with E-state index in [1.807, 2.05) is 13.0 Å². The molecule has 4 rings (SSSR count). The Morgan fingerprint density at radius 2 is 1.57 bits per heavy atom. The zero-order valence-corrected chi connectivity index (χ0v) is 21.1. The number of piperazine rings is 1. The van der Waals surface area contributed by atoms with Gasteiger partial charge >= 0.3 is 0 Å². The molecule has 0 radical (unpaired) electrons. The maximum atomic E-state index is 13.5. The van der Waals surface area contributed by atoms with E-state index in [-0.39, 0.29) is 11.6 Å². The average molecular weight is 505 g/mol. The summed E-state index contributed by atoms with van der Waals surface area (Å²) in [5, 5.41) is 0. The lowest BCUT2D eigenvalue weighted by molar-refractivity contribution is 0.312. The van der Waals surface area contributed by atoms with Crippen LogP contribution in [0.1, 0.15) is 24.5 Å². The van der Waals surface area contributed by atoms with Crippen molar-refractivity contribution in [2.24, 2.45) is 9.98 Å². The Hall–Kier alpha value is -4.14. The smallest absolute Gasteiger partial charge is 0.218 e. The number of anilines is 1. The van der Waals surface area contributed by atoms with Crippen molar-refractivity contribution in [1.82, 2.24) is 14.9 Å². The first-order valence-corrected chi connectivity index (χ1v) is 12.1. The van der Waals surface area contributed by atoms with Gasteiger partial charge < -0.3 is 14.5 Å². The zero-order chi connectivity index (χ0) is 26.2. The molecule has 3 aromatic rings. The maximum absolute atomic E-state index is 13.5. The first-order valence-electron chi connectivity index (χ1n) is 12.1. The van der Waals surface area contributed by atoms with Crippen LogP contribution in [0, 0.1) is 11.6 Å². The van der Waals surface area contributed by atoms with Crippen molar-refractivity contribution in [3.63, 3.8) is 0 Å². The first-order chi connectivity index (χ1) is 17.9. The fraction of sp³-hybridized carbons (Fsp3) is 0.286. The molecule has 2 aromatic carbocycles. The van der Waals surface area contributed by atoms with Gasteiger partial charge in [0.25, 0.3) is 0 Å². The van der Waals surface area contributed by atoms with Gasteiger partial charge in [-0.25, -0.2) is 23.7 Å². The number of aliphatic imine (C=N–C) groups is 2. The number of hydrogen-bond donors (Lipinski definition) is 0. The molecule has 1 aliphatic rings. The van der Waals surface area contributed by atoms with Crippen LogP contribution in [0.15, 0.2) is 83.2 Å². The molecule has 9 heteroatoms. The Kier molecular flexibility index (Phi) is 8.56. The predicted molar refractivity (Wildman–Crippen MR) is 143 cm³/mol. The van der Waals surface area contributed by atoms with E-state index in [9.17, 15) is 8.78 Å². The van der Waals surface area contributed by atoms with E-state index in [4.69, 9.17) is 14.7 Å². The van der Waals surface area contributed by atoms with Crippen molar-refractivity contribution in [3.8, 4) is 5.88 Å². The van der Waals surface area contributed by atoms with Crippen molar-refractivity contribution in [2.45, 2.75) is 13.3 Å². The Morgan fingerprint density at radius 3 is 2.19 bits per heavy atom. The van der Waals surface area contributed by atoms with E-state index in [1.165, 1.54) is 30.6 Å². The molecule has 0 N–H and O–H groups in total. The third-order valence-corrected chi connectivity index (χ3v) is 6.19. The Labute approximate surface area is 215 Å². The van der Waals surface area contributed by atoms with Crippen LogP contribution in [0.25, 0.3) is 0 Å². The van der Waals surface area contributed by atoms with E-state index in [1.54, 1.807) is 31.4 Å². The topological polar surface area (TPSA) is 66.2 Å². The van der Waals surface area contributed by atoms with E-state index in [0.717, 1.165) is 43.3 Å². The highest BCUT2D eigenvalue weighted by molar-refractivity contribution is 6.11. The number of aromatic nitrogens is 2. The van der Waals surface area contributed by atoms with Crippen LogP contribution in [-0.4, -0.2) is 66.2 Å². The molecule has 1 saturated heterocycles. The van der Waals surface area contributed by atoms with Gasteiger partial charge in [-0.2, -0.15) is 0 Å². The van der Waals surface area contributed by atoms with Crippen LogP contribution < -0.4 is 9.64 Å². The van der Waals surface area contributed by atoms with Gasteiger partial charge in [-0.3, -0.25) is 4.99 Å². The Morgan fingerprint density at radius 1 is 0.946 bits per heavy atom. The molecule has 0 spiro atoms. The number of hydrogen-bond acceptors (Lipinski definition) is 6. The van der Waals surface area contributed by atoms with E-state index in [0.29, 0.717) is 36.0 Å². The summed E-state index contributed by atoms with van der Waals surface area (Å²) in [6, 6.07) is 14.1. The molecule has 0 atom stereocenters. The van der Waals surface area contributed by atoms with Crippen molar-refractivity contribution < 1.29 is 13.5 Å². The lowest BCUT2D eigenvalue weighted by Crippen LogP contribution is -2.46. The van der Waals surface area contributed by atoms with Gasteiger partial charge in [0, 0.05) is 62.2 Å². The maximum Gasteiger partial charge on any atom is 0.218 e. The Bertz CT molecular complexity index is 1270. The number of rotatable bonds is 8. The number of methoxy groups -OCH3 is 1. The molecular formula is C28H30F2N6O. The largest absolute Gasteiger partial charge is 0.481 e. The summed E-state index contributed by atoms with van der Waals surface area (Å²) in [6.07, 6.45) is 2.17. The normalized spacial score (nSPS) is 14.6. The van der Waals surface area contributed by atoms with E-state index >= 15 is 0 Å². The molecule has 0 bridgehead atoms. The van der Waals surface area contributed by atoms with Gasteiger partial charge in [0.05, 0.1) is 7.11 Å². The van der Waals surface area contributed by atoms with Crippen LogP contribution in [0.4, 0.5) is 14.6 Å². The summed E-state index contributed by atoms with van der Waals surface area (Å²) in [5.41, 5.74) is 3.20. The summed E-state index contributed by atoms with van der Waals surface area (Å²) in [6.45, 7) is 9.86. The van der Waals surface area contributed by atoms with Crippen LogP contribution in [0.2, 0.25) is 0 Å². The van der Waals surface area contributed by atoms with Gasteiger partial charge in [0.1, 0.15) is 23.8 Å². The van der Waals surface area contributed by atoms with Crippen molar-refractivity contribution in [3.05, 3.63) is 96.0 Å². The molecule has 0 unspecified atom stereocenters. The highest BCUT2D eigenvalue weighted by Crippen LogP contribution is 2.19. The van der Waals surface area contributed by atoms with Crippen molar-refractivity contribution in [2.75, 3.05) is 44.7 Å². The standard InChI is InChI=1S/C28H30F2N6O/c1-20(35-14-16-36(17-15-35)26-18-27(37-3)33-19-32-26)12-13-31-28(23-6-10-25(30)11-7-23)34-21(2)22-4-8-24(29)9-5-22/h4-11,18-19H,1,12-17H2,2-3H3/b31-28?,34-21+. The number of nitrogens with zero attached hydrogens (tertiary/aromatic N) is 6. The van der Waals surface area contributed by atoms with Crippen LogP contribution in [0.5, 0.6) is 5.88 Å². The number of ether oxygens (including phenoxy) is 1. The predicted octanol–water partition coefficient (Wildman–Crippen LogP) is 4.75. The van der Waals surface area contributed by atoms with Crippen molar-refractivity contribution in [1.29, 1.82) is 0 Å². The SMILES string of the molecule is C=C(CCN=C(/N=C(\C)c1ccc(F)cc1)c1ccc(F)cc1)N1CCN(c2cc(OC)ncn2)CC1. The molecule has 0 aliphatic carbocycles. The van der Waals surface area contributed by atoms with Crippen LogP contribution in [-0.2, 0) is 0 Å². The lowest BCUT2D eigenvalue weighted by atomic mass is 10.1. The second kappa shape index (κ2) is 12.2. The van der Waals surface area contributed by atoms with Gasteiger partial charge in [-0.15, -0.1) is 0 Å². The molecule has 192 valence electrons. The molecule has 1 aliphatic heterocycles. The molecule has 2 heterocycles. The second-order valence-electron chi connectivity index (χ2n) is 8.63. The monoisotopic (exact) mass is 504 g/mol. The molecule has 1 fully saturated rings. The van der Waals surface area contributed by atoms with Gasteiger partial charge in [-0.05, 0) is 48.9 Å². The molecular weight excluding hydrogens is 474 g/mol. The van der Waals surface area contributed by atoms with E-state index < -0.39 is 0 Å². The number of halogens is 2. The first kappa shape index (κ1) is 25.9. The van der Waals surface area contributed by atoms with E-state index in [2.05, 4.69) is 26.3 Å². The number of benzene rings is 2. The molecule has 7 nitrogen and oxygen atoms in total. The second-order valence-corrected chi connectivity index (χ2v) is 8.63. The zero-order valence-electron chi connectivity index (χ0n) is 21.1. The summed E-state index contributed by atoms with van der Waals surface area (Å²) in [7, 11) is 1.59. The average Bonchev–Trinajstić information content (AvgIpc) is 2.93. The van der Waals surface area contributed by atoms with Crippen molar-refractivity contribution >= 4 is 17.4 Å². The highest BCUT2D eigenvalue weighted by atomic mass is 19.1. The van der Waals surface area contributed by atoms with Gasteiger partial charge in [0.15, 0.2) is 5.84 Å². The molecule has 0 amide bonds. The molecule has 1 aromatic heterocycles. The van der Waals surface area contributed by atoms with Gasteiger partial charge in [0.2, 0.25) is 5.88 Å². The summed E-state index contributed by atoms with van der Waals surface area (Å²) in [4.78, 5) is 22.3. The Balaban J connectivity index is 1.40. The fourth-order valence-electron chi connectivity index (χ4n) is 4.02. The highest BCUT2D eigenvalue weighted by Gasteiger charge is 2.19.